The Morgan fingerprint density at radius 3 is 2.75 bits per heavy atom. The number of hydrogen-bond acceptors (Lipinski definition) is 0. The third-order valence-corrected chi connectivity index (χ3v) is 2.08. The minimum absolute atomic E-state index is 0.715. The predicted molar refractivity (Wildman–Crippen MR) is 46.0 cm³/mol. The van der Waals surface area contributed by atoms with E-state index in [1.807, 2.05) is 12.1 Å². The first kappa shape index (κ1) is 7.53. The van der Waals surface area contributed by atoms with E-state index in [-0.39, 0.29) is 0 Å². The van der Waals surface area contributed by atoms with Crippen molar-refractivity contribution in [1.29, 1.82) is 0 Å². The van der Waals surface area contributed by atoms with Gasteiger partial charge in [0.05, 0.1) is 0 Å². The van der Waals surface area contributed by atoms with Crippen molar-refractivity contribution < 1.29 is 8.78 Å². The van der Waals surface area contributed by atoms with Crippen molar-refractivity contribution in [3.05, 3.63) is 41.4 Å². The monoisotopic (exact) mass is 164 g/mol. The summed E-state index contributed by atoms with van der Waals surface area (Å²) >= 11 is 0. The lowest BCUT2D eigenvalue weighted by Gasteiger charge is -2.09. The molecule has 0 bridgehead atoms. The summed E-state index contributed by atoms with van der Waals surface area (Å²) in [5.74, 6) is 0.479. The van der Waals surface area contributed by atoms with Crippen LogP contribution in [-0.4, -0.2) is 7.28 Å². The fourth-order valence-corrected chi connectivity index (χ4v) is 1.43. The maximum atomic E-state index is 12.7. The molecule has 2 rings (SSSR count). The van der Waals surface area contributed by atoms with Crippen LogP contribution in [0.25, 0.3) is 0 Å². The van der Waals surface area contributed by atoms with E-state index >= 15 is 0 Å². The number of hydrogen-bond donors (Lipinski definition) is 0. The number of benzene rings is 1. The summed E-state index contributed by atoms with van der Waals surface area (Å²) in [4.78, 5) is 0. The van der Waals surface area contributed by atoms with Gasteiger partial charge in [0.1, 0.15) is 0 Å². The Hall–Kier alpha value is -1.12. The molecule has 1 aliphatic rings. The van der Waals surface area contributed by atoms with Gasteiger partial charge in [0.2, 0.25) is 0 Å². The lowest BCUT2D eigenvalue weighted by Crippen LogP contribution is -2.22. The van der Waals surface area contributed by atoms with Crippen molar-refractivity contribution in [2.45, 2.75) is 6.42 Å². The highest BCUT2D eigenvalue weighted by atomic mass is 19.2. The van der Waals surface area contributed by atoms with Gasteiger partial charge < -0.3 is 0 Å². The largest absolute Gasteiger partial charge is 0.204 e. The molecule has 0 fully saturated rings. The SMILES string of the molecule is Fc1cc2c(cc1F)CC=CB2. The highest BCUT2D eigenvalue weighted by Gasteiger charge is 2.10. The standard InChI is InChI=1S/C9H7BF2/c11-8-4-6-2-1-3-10-7(6)5-9(8)12/h1,3-5,10H,2H2. The Labute approximate surface area is 70.1 Å². The van der Waals surface area contributed by atoms with Gasteiger partial charge in [-0.2, -0.15) is 0 Å². The summed E-state index contributed by atoms with van der Waals surface area (Å²) in [5.41, 5.74) is 1.80. The lowest BCUT2D eigenvalue weighted by atomic mass is 9.65. The summed E-state index contributed by atoms with van der Waals surface area (Å²) in [6.07, 6.45) is 2.69. The highest BCUT2D eigenvalue weighted by Crippen LogP contribution is 2.09. The van der Waals surface area contributed by atoms with E-state index in [1.165, 1.54) is 12.1 Å². The summed E-state index contributed by atoms with van der Waals surface area (Å²) in [6.45, 7) is 0. The molecular weight excluding hydrogens is 157 g/mol. The van der Waals surface area contributed by atoms with Crippen molar-refractivity contribution in [2.75, 3.05) is 0 Å². The van der Waals surface area contributed by atoms with E-state index in [1.54, 1.807) is 0 Å². The van der Waals surface area contributed by atoms with Gasteiger partial charge >= 0.3 is 0 Å². The molecule has 1 aromatic rings. The summed E-state index contributed by atoms with van der Waals surface area (Å²) in [6, 6.07) is 2.57. The molecule has 3 heteroatoms. The summed E-state index contributed by atoms with van der Waals surface area (Å²) < 4.78 is 25.4. The van der Waals surface area contributed by atoms with Crippen molar-refractivity contribution in [1.82, 2.24) is 0 Å². The first-order valence-corrected chi connectivity index (χ1v) is 3.89. The maximum absolute atomic E-state index is 12.7. The number of rotatable bonds is 0. The minimum atomic E-state index is -0.746. The molecule has 0 radical (unpaired) electrons. The molecule has 0 aromatic heterocycles. The molecule has 1 heterocycles. The van der Waals surface area contributed by atoms with E-state index < -0.39 is 11.6 Å². The molecule has 0 atom stereocenters. The van der Waals surface area contributed by atoms with Gasteiger partial charge in [0.15, 0.2) is 18.9 Å². The topological polar surface area (TPSA) is 0 Å². The van der Waals surface area contributed by atoms with Crippen LogP contribution in [0.4, 0.5) is 8.78 Å². The van der Waals surface area contributed by atoms with E-state index in [0.717, 1.165) is 11.0 Å². The number of allylic oxidation sites excluding steroid dienone is 1. The van der Waals surface area contributed by atoms with Crippen LogP contribution in [0.5, 0.6) is 0 Å². The normalized spacial score (nSPS) is 13.8. The van der Waals surface area contributed by atoms with Crippen molar-refractivity contribution in [2.24, 2.45) is 0 Å². The first-order chi connectivity index (χ1) is 5.77. The van der Waals surface area contributed by atoms with Gasteiger partial charge in [-0.3, -0.25) is 0 Å². The molecule has 60 valence electrons. The molecule has 1 aliphatic heterocycles. The van der Waals surface area contributed by atoms with E-state index in [4.69, 9.17) is 0 Å². The van der Waals surface area contributed by atoms with Crippen LogP contribution in [0.1, 0.15) is 5.56 Å². The Balaban J connectivity index is 2.53. The van der Waals surface area contributed by atoms with Crippen LogP contribution in [0.2, 0.25) is 0 Å². The lowest BCUT2D eigenvalue weighted by molar-refractivity contribution is 0.508. The first-order valence-electron chi connectivity index (χ1n) is 3.89. The maximum Gasteiger partial charge on any atom is 0.183 e. The zero-order valence-electron chi connectivity index (χ0n) is 6.48. The van der Waals surface area contributed by atoms with Crippen LogP contribution in [0.3, 0.4) is 0 Å². The molecule has 0 saturated carbocycles. The quantitative estimate of drug-likeness (QED) is 0.503. The van der Waals surface area contributed by atoms with Crippen LogP contribution >= 0.6 is 0 Å². The summed E-state index contributed by atoms with van der Waals surface area (Å²) in [7, 11) is 0.715. The molecule has 0 N–H and O–H groups in total. The molecule has 0 amide bonds. The number of fused-ring (bicyclic) bond motifs is 1. The van der Waals surface area contributed by atoms with Crippen LogP contribution in [0, 0.1) is 11.6 Å². The second kappa shape index (κ2) is 2.74. The van der Waals surface area contributed by atoms with Gasteiger partial charge in [-0.25, -0.2) is 8.78 Å². The molecule has 1 aromatic carbocycles. The molecule has 0 saturated heterocycles. The molecule has 12 heavy (non-hydrogen) atoms. The third kappa shape index (κ3) is 1.15. The highest BCUT2D eigenvalue weighted by molar-refractivity contribution is 6.59. The van der Waals surface area contributed by atoms with Crippen molar-refractivity contribution in [3.8, 4) is 0 Å². The van der Waals surface area contributed by atoms with Crippen LogP contribution in [-0.2, 0) is 6.42 Å². The molecule has 0 spiro atoms. The predicted octanol–water partition coefficient (Wildman–Crippen LogP) is 1.10. The van der Waals surface area contributed by atoms with E-state index in [9.17, 15) is 8.78 Å². The van der Waals surface area contributed by atoms with Gasteiger partial charge in [0, 0.05) is 0 Å². The summed E-state index contributed by atoms with van der Waals surface area (Å²) in [5, 5.41) is 0. The fourth-order valence-electron chi connectivity index (χ4n) is 1.43. The molecule has 0 nitrogen and oxygen atoms in total. The second-order valence-corrected chi connectivity index (χ2v) is 2.91. The van der Waals surface area contributed by atoms with Crippen LogP contribution < -0.4 is 5.46 Å². The average molecular weight is 164 g/mol. The van der Waals surface area contributed by atoms with Gasteiger partial charge in [-0.15, -0.1) is 5.98 Å². The third-order valence-electron chi connectivity index (χ3n) is 2.08. The van der Waals surface area contributed by atoms with E-state index in [2.05, 4.69) is 0 Å². The van der Waals surface area contributed by atoms with Gasteiger partial charge in [0.25, 0.3) is 0 Å². The zero-order chi connectivity index (χ0) is 8.55. The Morgan fingerprint density at radius 1 is 1.17 bits per heavy atom. The Morgan fingerprint density at radius 2 is 1.92 bits per heavy atom. The average Bonchev–Trinajstić information content (AvgIpc) is 2.07. The van der Waals surface area contributed by atoms with Gasteiger partial charge in [-0.1, -0.05) is 11.5 Å². The van der Waals surface area contributed by atoms with E-state index in [0.29, 0.717) is 13.7 Å². The Bertz CT molecular complexity index is 312. The zero-order valence-corrected chi connectivity index (χ0v) is 6.48. The Kier molecular flexibility index (Phi) is 1.72. The fraction of sp³-hybridized carbons (Fsp3) is 0.111. The molecule has 0 aliphatic carbocycles. The van der Waals surface area contributed by atoms with Crippen molar-refractivity contribution >= 4 is 12.7 Å². The van der Waals surface area contributed by atoms with Crippen LogP contribution in [0.15, 0.2) is 24.2 Å². The number of halogens is 2. The molecular formula is C9H7BF2. The minimum Gasteiger partial charge on any atom is -0.204 e. The molecule has 0 unspecified atom stereocenters. The smallest absolute Gasteiger partial charge is 0.183 e. The second-order valence-electron chi connectivity index (χ2n) is 2.91. The van der Waals surface area contributed by atoms with Crippen molar-refractivity contribution in [3.63, 3.8) is 0 Å². The van der Waals surface area contributed by atoms with Gasteiger partial charge in [-0.05, 0) is 24.1 Å².